The average molecular weight is 436 g/mol. The Morgan fingerprint density at radius 2 is 1.78 bits per heavy atom. The second kappa shape index (κ2) is 9.47. The van der Waals surface area contributed by atoms with Gasteiger partial charge in [-0.25, -0.2) is 0 Å². The number of benzene rings is 2. The van der Waals surface area contributed by atoms with Crippen molar-refractivity contribution in [1.29, 1.82) is 0 Å². The zero-order chi connectivity index (χ0) is 22.7. The van der Waals surface area contributed by atoms with Crippen molar-refractivity contribution in [2.45, 2.75) is 51.1 Å². The summed E-state index contributed by atoms with van der Waals surface area (Å²) in [6.45, 7) is 2.66. The lowest BCUT2D eigenvalue weighted by atomic mass is 9.94. The molecule has 1 atom stereocenters. The van der Waals surface area contributed by atoms with E-state index in [1.54, 1.807) is 36.3 Å². The van der Waals surface area contributed by atoms with Crippen LogP contribution in [0.15, 0.2) is 54.1 Å². The first kappa shape index (κ1) is 21.9. The van der Waals surface area contributed by atoms with E-state index >= 15 is 0 Å². The van der Waals surface area contributed by atoms with Crippen LogP contribution in [-0.4, -0.2) is 41.5 Å². The van der Waals surface area contributed by atoms with Crippen LogP contribution >= 0.6 is 0 Å². The molecule has 2 aromatic rings. The van der Waals surface area contributed by atoms with Crippen LogP contribution in [0, 0.1) is 0 Å². The minimum Gasteiger partial charge on any atom is -0.507 e. The second-order valence-electron chi connectivity index (χ2n) is 8.29. The Bertz CT molecular complexity index is 1020. The number of aliphatic hydroxyl groups excluding tert-OH is 1. The molecule has 168 valence electrons. The largest absolute Gasteiger partial charge is 0.507 e. The van der Waals surface area contributed by atoms with Gasteiger partial charge in [-0.15, -0.1) is 0 Å². The van der Waals surface area contributed by atoms with Gasteiger partial charge in [-0.2, -0.15) is 0 Å². The number of aliphatic hydroxyl groups is 1. The van der Waals surface area contributed by atoms with Gasteiger partial charge in [0.05, 0.1) is 25.3 Å². The lowest BCUT2D eigenvalue weighted by molar-refractivity contribution is -0.141. The summed E-state index contributed by atoms with van der Waals surface area (Å²) < 4.78 is 11.0. The minimum absolute atomic E-state index is 0.0110. The molecule has 1 amide bonds. The number of likely N-dealkylation sites (tertiary alicyclic amines) is 1. The molecule has 6 nitrogen and oxygen atoms in total. The van der Waals surface area contributed by atoms with Crippen molar-refractivity contribution in [2.75, 3.05) is 13.7 Å². The molecule has 0 aromatic heterocycles. The Morgan fingerprint density at radius 3 is 2.44 bits per heavy atom. The molecular formula is C26H29NO5. The number of nitrogens with zero attached hydrogens (tertiary/aromatic N) is 1. The molecule has 0 spiro atoms. The van der Waals surface area contributed by atoms with Crippen molar-refractivity contribution in [2.24, 2.45) is 0 Å². The Hall–Kier alpha value is -3.28. The fourth-order valence-corrected chi connectivity index (χ4v) is 4.63. The topological polar surface area (TPSA) is 76.1 Å². The third kappa shape index (κ3) is 4.09. The van der Waals surface area contributed by atoms with Gasteiger partial charge in [0.1, 0.15) is 17.3 Å². The highest BCUT2D eigenvalue weighted by molar-refractivity contribution is 6.46. The Balaban J connectivity index is 1.81. The first-order valence-corrected chi connectivity index (χ1v) is 11.2. The van der Waals surface area contributed by atoms with Crippen LogP contribution in [0.5, 0.6) is 11.5 Å². The average Bonchev–Trinajstić information content (AvgIpc) is 3.44. The van der Waals surface area contributed by atoms with E-state index in [2.05, 4.69) is 0 Å². The van der Waals surface area contributed by atoms with E-state index in [4.69, 9.17) is 9.47 Å². The minimum atomic E-state index is -0.645. The van der Waals surface area contributed by atoms with Crippen LogP contribution in [0.1, 0.15) is 56.2 Å². The predicted molar refractivity (Wildman–Crippen MR) is 122 cm³/mol. The van der Waals surface area contributed by atoms with E-state index in [1.807, 2.05) is 31.2 Å². The summed E-state index contributed by atoms with van der Waals surface area (Å²) in [5.74, 6) is -0.0699. The monoisotopic (exact) mass is 435 g/mol. The van der Waals surface area contributed by atoms with Crippen LogP contribution in [0.4, 0.5) is 0 Å². The predicted octanol–water partition coefficient (Wildman–Crippen LogP) is 4.85. The van der Waals surface area contributed by atoms with Gasteiger partial charge in [-0.05, 0) is 49.1 Å². The summed E-state index contributed by atoms with van der Waals surface area (Å²) in [4.78, 5) is 28.0. The van der Waals surface area contributed by atoms with Crippen LogP contribution in [0.25, 0.3) is 5.76 Å². The van der Waals surface area contributed by atoms with E-state index in [0.717, 1.165) is 43.4 Å². The molecule has 1 aliphatic carbocycles. The standard InChI is InChI=1S/C26H29NO5/c1-3-15-32-20-13-11-17(12-14-20)23-22(24(28)18-7-6-10-21(16-18)31-2)25(29)26(30)27(23)19-8-4-5-9-19/h6-7,10-14,16,19,23,28H,3-5,8-9,15H2,1-2H3/b24-22-. The maximum Gasteiger partial charge on any atom is 0.295 e. The fraction of sp³-hybridized carbons (Fsp3) is 0.385. The van der Waals surface area contributed by atoms with Crippen molar-refractivity contribution < 1.29 is 24.2 Å². The summed E-state index contributed by atoms with van der Waals surface area (Å²) in [6.07, 6.45) is 4.69. The van der Waals surface area contributed by atoms with Crippen molar-refractivity contribution in [3.05, 3.63) is 65.2 Å². The Morgan fingerprint density at radius 1 is 1.06 bits per heavy atom. The summed E-state index contributed by atoms with van der Waals surface area (Å²) >= 11 is 0. The van der Waals surface area contributed by atoms with Crippen LogP contribution in [-0.2, 0) is 9.59 Å². The molecule has 2 fully saturated rings. The molecule has 1 unspecified atom stereocenters. The number of ketones is 1. The van der Waals surface area contributed by atoms with Crippen LogP contribution < -0.4 is 9.47 Å². The van der Waals surface area contributed by atoms with Gasteiger partial charge >= 0.3 is 0 Å². The number of carbonyl (C=O) groups is 2. The van der Waals surface area contributed by atoms with Gasteiger partial charge in [-0.3, -0.25) is 9.59 Å². The molecule has 1 aliphatic heterocycles. The van der Waals surface area contributed by atoms with Crippen LogP contribution in [0.2, 0.25) is 0 Å². The maximum atomic E-state index is 13.2. The molecule has 1 saturated carbocycles. The smallest absolute Gasteiger partial charge is 0.295 e. The molecular weight excluding hydrogens is 406 g/mol. The molecule has 2 aromatic carbocycles. The SMILES string of the molecule is CCCOc1ccc(C2/C(=C(/O)c3cccc(OC)c3)C(=O)C(=O)N2C2CCCC2)cc1. The third-order valence-electron chi connectivity index (χ3n) is 6.21. The van der Waals surface area contributed by atoms with Gasteiger partial charge in [0.25, 0.3) is 11.7 Å². The van der Waals surface area contributed by atoms with E-state index in [0.29, 0.717) is 17.9 Å². The number of rotatable bonds is 7. The first-order chi connectivity index (χ1) is 15.5. The van der Waals surface area contributed by atoms with Crippen LogP contribution in [0.3, 0.4) is 0 Å². The van der Waals surface area contributed by atoms with Crippen molar-refractivity contribution in [3.63, 3.8) is 0 Å². The molecule has 0 radical (unpaired) electrons. The highest BCUT2D eigenvalue weighted by Crippen LogP contribution is 2.43. The van der Waals surface area contributed by atoms with Gasteiger partial charge < -0.3 is 19.5 Å². The number of carbonyl (C=O) groups excluding carboxylic acids is 2. The van der Waals surface area contributed by atoms with Crippen molar-refractivity contribution in [1.82, 2.24) is 4.90 Å². The molecule has 2 aliphatic rings. The van der Waals surface area contributed by atoms with Crippen molar-refractivity contribution in [3.8, 4) is 11.5 Å². The Kier molecular flexibility index (Phi) is 6.49. The zero-order valence-electron chi connectivity index (χ0n) is 18.5. The Labute approximate surface area is 188 Å². The quantitative estimate of drug-likeness (QED) is 0.382. The number of hydrogen-bond acceptors (Lipinski definition) is 5. The van der Waals surface area contributed by atoms with E-state index in [-0.39, 0.29) is 17.4 Å². The third-order valence-corrected chi connectivity index (χ3v) is 6.21. The van der Waals surface area contributed by atoms with Gasteiger partial charge in [0.15, 0.2) is 0 Å². The molecule has 32 heavy (non-hydrogen) atoms. The summed E-state index contributed by atoms with van der Waals surface area (Å²) in [7, 11) is 1.54. The number of methoxy groups -OCH3 is 1. The van der Waals surface area contributed by atoms with Gasteiger partial charge in [0, 0.05) is 11.6 Å². The summed E-state index contributed by atoms with van der Waals surface area (Å²) in [5, 5.41) is 11.2. The number of ether oxygens (including phenoxy) is 2. The normalized spacial score (nSPS) is 20.7. The summed E-state index contributed by atoms with van der Waals surface area (Å²) in [6, 6.07) is 13.7. The molecule has 1 saturated heterocycles. The number of amides is 1. The highest BCUT2D eigenvalue weighted by Gasteiger charge is 2.49. The highest BCUT2D eigenvalue weighted by atomic mass is 16.5. The number of hydrogen-bond donors (Lipinski definition) is 1. The maximum absolute atomic E-state index is 13.2. The molecule has 1 N–H and O–H groups in total. The molecule has 0 bridgehead atoms. The van der Waals surface area contributed by atoms with Gasteiger partial charge in [-0.1, -0.05) is 44.0 Å². The zero-order valence-corrected chi connectivity index (χ0v) is 18.5. The first-order valence-electron chi connectivity index (χ1n) is 11.2. The molecule has 4 rings (SSSR count). The lowest BCUT2D eigenvalue weighted by Gasteiger charge is -2.30. The van der Waals surface area contributed by atoms with Gasteiger partial charge in [0.2, 0.25) is 0 Å². The number of Topliss-reactive ketones (excluding diaryl/α,β-unsaturated/α-hetero) is 1. The van der Waals surface area contributed by atoms with Crippen molar-refractivity contribution >= 4 is 17.4 Å². The lowest BCUT2D eigenvalue weighted by Crippen LogP contribution is -2.37. The fourth-order valence-electron chi connectivity index (χ4n) is 4.63. The molecule has 6 heteroatoms. The molecule has 1 heterocycles. The summed E-state index contributed by atoms with van der Waals surface area (Å²) in [5.41, 5.74) is 1.35. The van der Waals surface area contributed by atoms with E-state index in [1.165, 1.54) is 0 Å². The van der Waals surface area contributed by atoms with E-state index < -0.39 is 17.7 Å². The van der Waals surface area contributed by atoms with E-state index in [9.17, 15) is 14.7 Å². The second-order valence-corrected chi connectivity index (χ2v) is 8.29.